The Morgan fingerprint density at radius 2 is 2.07 bits per heavy atom. The number of carbonyl (C=O) groups is 1. The molecule has 0 aromatic heterocycles. The number of nitrogens with one attached hydrogen (secondary N) is 1. The van der Waals surface area contributed by atoms with E-state index in [9.17, 15) is 9.18 Å². The zero-order valence-corrected chi connectivity index (χ0v) is 17.6. The molecule has 0 bridgehead atoms. The second kappa shape index (κ2) is 10.4. The normalized spacial score (nSPS) is 16.0. The average molecular weight is 419 g/mol. The van der Waals surface area contributed by atoms with Crippen LogP contribution in [0.1, 0.15) is 30.0 Å². The van der Waals surface area contributed by atoms with Crippen molar-refractivity contribution < 1.29 is 18.7 Å². The topological polar surface area (TPSA) is 50.8 Å². The molecule has 0 radical (unpaired) electrons. The number of hydrogen-bond acceptors (Lipinski definition) is 4. The molecule has 1 aliphatic heterocycles. The molecule has 1 aliphatic rings. The summed E-state index contributed by atoms with van der Waals surface area (Å²) in [4.78, 5) is 14.6. The van der Waals surface area contributed by atoms with Crippen LogP contribution in [0.2, 0.25) is 0 Å². The molecule has 1 atom stereocenters. The second-order valence-corrected chi connectivity index (χ2v) is 7.94. The Kier molecular flexibility index (Phi) is 7.63. The summed E-state index contributed by atoms with van der Waals surface area (Å²) >= 11 is 1.60. The molecule has 156 valence electrons. The molecule has 0 saturated carbocycles. The molecular weight excluding hydrogens is 391 g/mol. The Bertz CT molecular complexity index is 833. The molecule has 0 spiro atoms. The van der Waals surface area contributed by atoms with Crippen molar-refractivity contribution in [2.24, 2.45) is 0 Å². The maximum absolute atomic E-state index is 13.6. The van der Waals surface area contributed by atoms with Gasteiger partial charge in [0.25, 0.3) is 0 Å². The van der Waals surface area contributed by atoms with Gasteiger partial charge in [0, 0.05) is 30.2 Å². The van der Waals surface area contributed by atoms with Crippen LogP contribution in [0.15, 0.2) is 42.5 Å². The van der Waals surface area contributed by atoms with Crippen LogP contribution in [0.5, 0.6) is 11.5 Å². The van der Waals surface area contributed by atoms with Crippen molar-refractivity contribution in [1.82, 2.24) is 10.2 Å². The molecule has 7 heteroatoms. The van der Waals surface area contributed by atoms with E-state index in [1.165, 1.54) is 6.07 Å². The lowest BCUT2D eigenvalue weighted by Crippen LogP contribution is -2.40. The van der Waals surface area contributed by atoms with Gasteiger partial charge in [-0.1, -0.05) is 18.2 Å². The molecule has 1 fully saturated rings. The van der Waals surface area contributed by atoms with Crippen molar-refractivity contribution in [3.8, 4) is 11.5 Å². The van der Waals surface area contributed by atoms with Gasteiger partial charge in [-0.2, -0.15) is 11.8 Å². The summed E-state index contributed by atoms with van der Waals surface area (Å²) in [5.41, 5.74) is 1.65. The lowest BCUT2D eigenvalue weighted by atomic mass is 10.0. The highest BCUT2D eigenvalue weighted by Crippen LogP contribution is 2.38. The molecule has 5 nitrogen and oxygen atoms in total. The fourth-order valence-corrected chi connectivity index (χ4v) is 4.41. The number of urea groups is 1. The number of methoxy groups -OCH3 is 2. The van der Waals surface area contributed by atoms with E-state index >= 15 is 0 Å². The standard InChI is InChI=1S/C22H27FN2O3S/c1-27-17-9-10-21(28-2)18(14-17)20-8-5-12-25(20)22(26)24-11-13-29-15-16-6-3-4-7-19(16)23/h3-4,6-7,9-10,14,20H,5,8,11-13,15H2,1-2H3,(H,24,26). The number of amides is 2. The summed E-state index contributed by atoms with van der Waals surface area (Å²) in [5, 5.41) is 2.99. The molecule has 1 heterocycles. The predicted octanol–water partition coefficient (Wildman–Crippen LogP) is 4.62. The van der Waals surface area contributed by atoms with Gasteiger partial charge in [-0.3, -0.25) is 0 Å². The van der Waals surface area contributed by atoms with E-state index < -0.39 is 0 Å². The maximum Gasteiger partial charge on any atom is 0.317 e. The first-order chi connectivity index (χ1) is 14.1. The molecule has 1 N–H and O–H groups in total. The van der Waals surface area contributed by atoms with Crippen LogP contribution in [0.3, 0.4) is 0 Å². The molecule has 2 amide bonds. The minimum Gasteiger partial charge on any atom is -0.497 e. The van der Waals surface area contributed by atoms with Gasteiger partial charge in [0.05, 0.1) is 20.3 Å². The SMILES string of the molecule is COc1ccc(OC)c(C2CCCN2C(=O)NCCSCc2ccccc2F)c1. The molecule has 29 heavy (non-hydrogen) atoms. The first-order valence-electron chi connectivity index (χ1n) is 9.71. The third-order valence-electron chi connectivity index (χ3n) is 5.05. The number of hydrogen-bond donors (Lipinski definition) is 1. The lowest BCUT2D eigenvalue weighted by Gasteiger charge is -2.27. The van der Waals surface area contributed by atoms with Gasteiger partial charge >= 0.3 is 6.03 Å². The van der Waals surface area contributed by atoms with Crippen LogP contribution in [-0.4, -0.2) is 44.0 Å². The summed E-state index contributed by atoms with van der Waals surface area (Å²) in [6, 6.07) is 12.3. The molecule has 3 rings (SSSR count). The fourth-order valence-electron chi connectivity index (χ4n) is 3.56. The third kappa shape index (κ3) is 5.35. The monoisotopic (exact) mass is 418 g/mol. The van der Waals surface area contributed by atoms with E-state index in [2.05, 4.69) is 5.32 Å². The van der Waals surface area contributed by atoms with Crippen molar-refractivity contribution in [3.05, 3.63) is 59.4 Å². The Balaban J connectivity index is 1.53. The number of rotatable bonds is 8. The summed E-state index contributed by atoms with van der Waals surface area (Å²) in [5.74, 6) is 2.64. The van der Waals surface area contributed by atoms with Gasteiger partial charge < -0.3 is 19.7 Å². The van der Waals surface area contributed by atoms with Crippen LogP contribution in [0.25, 0.3) is 0 Å². The van der Waals surface area contributed by atoms with E-state index in [4.69, 9.17) is 9.47 Å². The van der Waals surface area contributed by atoms with E-state index in [0.717, 1.165) is 35.7 Å². The number of benzene rings is 2. The van der Waals surface area contributed by atoms with Gasteiger partial charge in [-0.15, -0.1) is 0 Å². The first kappa shape index (κ1) is 21.3. The third-order valence-corrected chi connectivity index (χ3v) is 6.06. The van der Waals surface area contributed by atoms with Crippen molar-refractivity contribution in [2.75, 3.05) is 33.1 Å². The molecule has 0 aliphatic carbocycles. The average Bonchev–Trinajstić information content (AvgIpc) is 3.24. The summed E-state index contributed by atoms with van der Waals surface area (Å²) in [6.45, 7) is 1.25. The number of ether oxygens (including phenoxy) is 2. The molecule has 1 saturated heterocycles. The Morgan fingerprint density at radius 1 is 1.24 bits per heavy atom. The number of carbonyl (C=O) groups excluding carboxylic acids is 1. The molecule has 1 unspecified atom stereocenters. The quantitative estimate of drug-likeness (QED) is 0.636. The van der Waals surface area contributed by atoms with Gasteiger partial charge in [-0.05, 0) is 42.7 Å². The van der Waals surface area contributed by atoms with E-state index in [1.807, 2.05) is 29.2 Å². The maximum atomic E-state index is 13.6. The number of halogens is 1. The first-order valence-corrected chi connectivity index (χ1v) is 10.9. The Hall–Kier alpha value is -2.41. The largest absolute Gasteiger partial charge is 0.497 e. The van der Waals surface area contributed by atoms with Crippen LogP contribution >= 0.6 is 11.8 Å². The fraction of sp³-hybridized carbons (Fsp3) is 0.409. The molecular formula is C22H27FN2O3S. The zero-order valence-electron chi connectivity index (χ0n) is 16.8. The summed E-state index contributed by atoms with van der Waals surface area (Å²) in [7, 11) is 3.27. The van der Waals surface area contributed by atoms with Crippen molar-refractivity contribution in [1.29, 1.82) is 0 Å². The number of nitrogens with zero attached hydrogens (tertiary/aromatic N) is 1. The zero-order chi connectivity index (χ0) is 20.6. The number of likely N-dealkylation sites (tertiary alicyclic amines) is 1. The smallest absolute Gasteiger partial charge is 0.317 e. The second-order valence-electron chi connectivity index (χ2n) is 6.84. The van der Waals surface area contributed by atoms with Crippen LogP contribution < -0.4 is 14.8 Å². The van der Waals surface area contributed by atoms with Crippen molar-refractivity contribution in [2.45, 2.75) is 24.6 Å². The lowest BCUT2D eigenvalue weighted by molar-refractivity contribution is 0.192. The van der Waals surface area contributed by atoms with E-state index in [-0.39, 0.29) is 17.9 Å². The van der Waals surface area contributed by atoms with Gasteiger partial charge in [-0.25, -0.2) is 9.18 Å². The number of thioether (sulfide) groups is 1. The van der Waals surface area contributed by atoms with Crippen LogP contribution in [0.4, 0.5) is 9.18 Å². The van der Waals surface area contributed by atoms with Crippen LogP contribution in [0, 0.1) is 5.82 Å². The van der Waals surface area contributed by atoms with E-state index in [0.29, 0.717) is 24.4 Å². The minimum absolute atomic E-state index is 0.0360. The predicted molar refractivity (Wildman–Crippen MR) is 114 cm³/mol. The molecule has 2 aromatic rings. The van der Waals surface area contributed by atoms with Crippen LogP contribution in [-0.2, 0) is 5.75 Å². The van der Waals surface area contributed by atoms with Gasteiger partial charge in [0.2, 0.25) is 0 Å². The van der Waals surface area contributed by atoms with Gasteiger partial charge in [0.15, 0.2) is 0 Å². The summed E-state index contributed by atoms with van der Waals surface area (Å²) < 4.78 is 24.5. The van der Waals surface area contributed by atoms with E-state index in [1.54, 1.807) is 38.1 Å². The summed E-state index contributed by atoms with van der Waals surface area (Å²) in [6.07, 6.45) is 1.83. The Morgan fingerprint density at radius 3 is 2.83 bits per heavy atom. The minimum atomic E-state index is -0.184. The molecule has 2 aromatic carbocycles. The van der Waals surface area contributed by atoms with Crippen molar-refractivity contribution in [3.63, 3.8) is 0 Å². The highest BCUT2D eigenvalue weighted by atomic mass is 32.2. The highest BCUT2D eigenvalue weighted by molar-refractivity contribution is 7.98. The Labute approximate surface area is 175 Å². The van der Waals surface area contributed by atoms with Gasteiger partial charge in [0.1, 0.15) is 17.3 Å². The highest BCUT2D eigenvalue weighted by Gasteiger charge is 2.32. The van der Waals surface area contributed by atoms with Crippen molar-refractivity contribution >= 4 is 17.8 Å².